The fraction of sp³-hybridized carbons (Fsp3) is 0.294. The number of nitrogens with zero attached hydrogens (tertiary/aromatic N) is 4. The number of hydrogen-bond donors (Lipinski definition) is 0. The average Bonchev–Trinajstić information content (AvgIpc) is 2.56. The van der Waals surface area contributed by atoms with Crippen LogP contribution in [0.15, 0.2) is 48.7 Å². The number of piperazine rings is 1. The number of likely N-dealkylation sites (N-methyl/N-ethyl adjacent to an activating group) is 1. The molecule has 1 aromatic carbocycles. The van der Waals surface area contributed by atoms with Gasteiger partial charge in [-0.15, -0.1) is 0 Å². The molecule has 1 aliphatic rings. The first kappa shape index (κ1) is 13.6. The molecule has 2 aromatic rings. The smallest absolute Gasteiger partial charge is 0.129 e. The first-order valence-electron chi connectivity index (χ1n) is 7.14. The zero-order valence-corrected chi connectivity index (χ0v) is 12.1. The molecule has 3 rings (SSSR count). The molecular weight excluding hydrogens is 260 g/mol. The van der Waals surface area contributed by atoms with Crippen LogP contribution in [0.3, 0.4) is 0 Å². The summed E-state index contributed by atoms with van der Waals surface area (Å²) < 4.78 is 0. The van der Waals surface area contributed by atoms with Gasteiger partial charge in [0.05, 0.1) is 11.6 Å². The van der Waals surface area contributed by atoms with Gasteiger partial charge in [-0.3, -0.25) is 0 Å². The maximum atomic E-state index is 8.89. The lowest BCUT2D eigenvalue weighted by atomic mass is 10.0. The number of aromatic nitrogens is 1. The van der Waals surface area contributed by atoms with Crippen LogP contribution >= 0.6 is 0 Å². The number of nitriles is 1. The molecular formula is C17H18N4. The number of rotatable bonds is 2. The summed E-state index contributed by atoms with van der Waals surface area (Å²) in [6, 6.07) is 16.7. The zero-order valence-electron chi connectivity index (χ0n) is 12.1. The Kier molecular flexibility index (Phi) is 3.85. The number of pyridine rings is 1. The van der Waals surface area contributed by atoms with Crippen LogP contribution in [0.25, 0.3) is 0 Å². The Bertz CT molecular complexity index is 630. The highest BCUT2D eigenvalue weighted by molar-refractivity contribution is 5.45. The molecule has 1 unspecified atom stereocenters. The first-order chi connectivity index (χ1) is 10.3. The van der Waals surface area contributed by atoms with Crippen LogP contribution in [0.2, 0.25) is 0 Å². The maximum absolute atomic E-state index is 8.89. The van der Waals surface area contributed by atoms with E-state index in [0.717, 1.165) is 25.5 Å². The Hall–Kier alpha value is -2.38. The van der Waals surface area contributed by atoms with Crippen LogP contribution in [-0.4, -0.2) is 36.6 Å². The summed E-state index contributed by atoms with van der Waals surface area (Å²) in [4.78, 5) is 9.13. The third-order valence-electron chi connectivity index (χ3n) is 3.94. The molecule has 4 heteroatoms. The molecule has 1 aromatic heterocycles. The predicted molar refractivity (Wildman–Crippen MR) is 83.0 cm³/mol. The number of hydrogen-bond acceptors (Lipinski definition) is 4. The molecule has 1 fully saturated rings. The molecule has 0 spiro atoms. The van der Waals surface area contributed by atoms with Crippen molar-refractivity contribution in [2.75, 3.05) is 31.6 Å². The average molecular weight is 278 g/mol. The van der Waals surface area contributed by atoms with E-state index in [1.54, 1.807) is 6.20 Å². The summed E-state index contributed by atoms with van der Waals surface area (Å²) in [6.45, 7) is 2.94. The Morgan fingerprint density at radius 2 is 1.95 bits per heavy atom. The third kappa shape index (κ3) is 2.88. The standard InChI is InChI=1S/C17H18N4/c1-20-9-10-21(17-8-7-14(11-18)12-19-17)16(13-20)15-5-3-2-4-6-15/h2-8,12,16H,9-10,13H2,1H3. The van der Waals surface area contributed by atoms with E-state index in [1.807, 2.05) is 18.2 Å². The highest BCUT2D eigenvalue weighted by Gasteiger charge is 2.27. The third-order valence-corrected chi connectivity index (χ3v) is 3.94. The highest BCUT2D eigenvalue weighted by atomic mass is 15.3. The van der Waals surface area contributed by atoms with Gasteiger partial charge in [0.1, 0.15) is 11.9 Å². The van der Waals surface area contributed by atoms with Crippen LogP contribution in [0, 0.1) is 11.3 Å². The van der Waals surface area contributed by atoms with Gasteiger partial charge >= 0.3 is 0 Å². The molecule has 106 valence electrons. The molecule has 1 saturated heterocycles. The van der Waals surface area contributed by atoms with E-state index >= 15 is 0 Å². The lowest BCUT2D eigenvalue weighted by molar-refractivity contribution is 0.268. The maximum Gasteiger partial charge on any atom is 0.129 e. The summed E-state index contributed by atoms with van der Waals surface area (Å²) in [5, 5.41) is 8.89. The van der Waals surface area contributed by atoms with Gasteiger partial charge in [-0.05, 0) is 24.7 Å². The Morgan fingerprint density at radius 1 is 1.14 bits per heavy atom. The lowest BCUT2D eigenvalue weighted by Crippen LogP contribution is -2.47. The molecule has 21 heavy (non-hydrogen) atoms. The summed E-state index contributed by atoms with van der Waals surface area (Å²) in [7, 11) is 2.15. The van der Waals surface area contributed by atoms with E-state index in [1.165, 1.54) is 5.56 Å². The van der Waals surface area contributed by atoms with Crippen molar-refractivity contribution in [3.8, 4) is 6.07 Å². The van der Waals surface area contributed by atoms with Crippen molar-refractivity contribution in [2.45, 2.75) is 6.04 Å². The quantitative estimate of drug-likeness (QED) is 0.846. The summed E-state index contributed by atoms with van der Waals surface area (Å²) in [5.41, 5.74) is 1.90. The first-order valence-corrected chi connectivity index (χ1v) is 7.14. The van der Waals surface area contributed by atoms with Crippen LogP contribution in [-0.2, 0) is 0 Å². The van der Waals surface area contributed by atoms with Crippen molar-refractivity contribution in [1.29, 1.82) is 5.26 Å². The molecule has 2 heterocycles. The van der Waals surface area contributed by atoms with Gasteiger partial charge in [0, 0.05) is 25.8 Å². The van der Waals surface area contributed by atoms with E-state index in [0.29, 0.717) is 11.6 Å². The van der Waals surface area contributed by atoms with Crippen molar-refractivity contribution in [2.24, 2.45) is 0 Å². The number of benzene rings is 1. The van der Waals surface area contributed by atoms with E-state index in [-0.39, 0.29) is 0 Å². The molecule has 1 aliphatic heterocycles. The Labute approximate surface area is 125 Å². The van der Waals surface area contributed by atoms with Crippen molar-refractivity contribution in [3.63, 3.8) is 0 Å². The van der Waals surface area contributed by atoms with E-state index in [2.05, 4.69) is 52.2 Å². The lowest BCUT2D eigenvalue weighted by Gasteiger charge is -2.41. The molecule has 0 bridgehead atoms. The largest absolute Gasteiger partial charge is 0.347 e. The second-order valence-corrected chi connectivity index (χ2v) is 5.40. The second-order valence-electron chi connectivity index (χ2n) is 5.40. The van der Waals surface area contributed by atoms with Gasteiger partial charge in [0.2, 0.25) is 0 Å². The van der Waals surface area contributed by atoms with Crippen LogP contribution in [0.5, 0.6) is 0 Å². The fourth-order valence-corrected chi connectivity index (χ4v) is 2.78. The van der Waals surface area contributed by atoms with Crippen LogP contribution in [0.4, 0.5) is 5.82 Å². The van der Waals surface area contributed by atoms with Crippen molar-refractivity contribution in [1.82, 2.24) is 9.88 Å². The van der Waals surface area contributed by atoms with Crippen molar-refractivity contribution >= 4 is 5.82 Å². The van der Waals surface area contributed by atoms with Crippen molar-refractivity contribution in [3.05, 3.63) is 59.8 Å². The Balaban J connectivity index is 1.92. The minimum Gasteiger partial charge on any atom is -0.347 e. The van der Waals surface area contributed by atoms with Gasteiger partial charge in [-0.1, -0.05) is 30.3 Å². The van der Waals surface area contributed by atoms with E-state index < -0.39 is 0 Å². The van der Waals surface area contributed by atoms with Gasteiger partial charge in [0.25, 0.3) is 0 Å². The highest BCUT2D eigenvalue weighted by Crippen LogP contribution is 2.28. The normalized spacial score (nSPS) is 19.2. The predicted octanol–water partition coefficient (Wildman–Crippen LogP) is 2.45. The SMILES string of the molecule is CN1CCN(c2ccc(C#N)cn2)C(c2ccccc2)C1. The summed E-state index contributed by atoms with van der Waals surface area (Å²) in [6.07, 6.45) is 1.65. The van der Waals surface area contributed by atoms with Gasteiger partial charge in [-0.2, -0.15) is 5.26 Å². The topological polar surface area (TPSA) is 43.2 Å². The molecule has 0 amide bonds. The van der Waals surface area contributed by atoms with Gasteiger partial charge < -0.3 is 9.80 Å². The molecule has 4 nitrogen and oxygen atoms in total. The minimum atomic E-state index is 0.297. The van der Waals surface area contributed by atoms with Crippen LogP contribution < -0.4 is 4.90 Å². The minimum absolute atomic E-state index is 0.297. The van der Waals surface area contributed by atoms with Gasteiger partial charge in [0.15, 0.2) is 0 Å². The monoisotopic (exact) mass is 278 g/mol. The van der Waals surface area contributed by atoms with E-state index in [9.17, 15) is 0 Å². The summed E-state index contributed by atoms with van der Waals surface area (Å²) >= 11 is 0. The molecule has 1 atom stereocenters. The molecule has 0 N–H and O–H groups in total. The van der Waals surface area contributed by atoms with Crippen molar-refractivity contribution < 1.29 is 0 Å². The van der Waals surface area contributed by atoms with E-state index in [4.69, 9.17) is 5.26 Å². The summed E-state index contributed by atoms with van der Waals surface area (Å²) in [5.74, 6) is 0.941. The second kappa shape index (κ2) is 5.94. The number of anilines is 1. The molecule has 0 aliphatic carbocycles. The zero-order chi connectivity index (χ0) is 14.7. The molecule has 0 radical (unpaired) electrons. The van der Waals surface area contributed by atoms with Gasteiger partial charge in [-0.25, -0.2) is 4.98 Å². The molecule has 0 saturated carbocycles. The fourth-order valence-electron chi connectivity index (χ4n) is 2.78. The van der Waals surface area contributed by atoms with Crippen LogP contribution in [0.1, 0.15) is 17.2 Å². The Morgan fingerprint density at radius 3 is 2.62 bits per heavy atom.